The molecule has 0 spiro atoms. The molecule has 0 fully saturated rings. The van der Waals surface area contributed by atoms with E-state index in [-0.39, 0.29) is 5.82 Å². The van der Waals surface area contributed by atoms with Crippen LogP contribution in [0.3, 0.4) is 0 Å². The summed E-state index contributed by atoms with van der Waals surface area (Å²) in [6.07, 6.45) is 0. The lowest BCUT2D eigenvalue weighted by molar-refractivity contribution is 0.409. The van der Waals surface area contributed by atoms with Crippen LogP contribution >= 0.6 is 47.8 Å². The molecule has 112 valence electrons. The number of halogens is 4. The molecule has 0 saturated carbocycles. The van der Waals surface area contributed by atoms with Crippen molar-refractivity contribution in [2.75, 3.05) is 12.4 Å². The third-order valence-electron chi connectivity index (χ3n) is 3.01. The molecular formula is C15H13Br3FNO. The molecule has 0 amide bonds. The van der Waals surface area contributed by atoms with E-state index >= 15 is 0 Å². The zero-order valence-electron chi connectivity index (χ0n) is 11.4. The summed E-state index contributed by atoms with van der Waals surface area (Å²) in [7, 11) is 1.62. The molecule has 0 saturated heterocycles. The summed E-state index contributed by atoms with van der Waals surface area (Å²) < 4.78 is 21.1. The fourth-order valence-electron chi connectivity index (χ4n) is 1.94. The molecule has 0 aliphatic heterocycles. The smallest absolute Gasteiger partial charge is 0.147 e. The molecule has 0 unspecified atom stereocenters. The van der Waals surface area contributed by atoms with Crippen LogP contribution in [0.25, 0.3) is 0 Å². The van der Waals surface area contributed by atoms with E-state index in [1.165, 1.54) is 6.07 Å². The van der Waals surface area contributed by atoms with Gasteiger partial charge in [0.25, 0.3) is 0 Å². The summed E-state index contributed by atoms with van der Waals surface area (Å²) in [6.45, 7) is 2.52. The van der Waals surface area contributed by atoms with Gasteiger partial charge >= 0.3 is 0 Å². The van der Waals surface area contributed by atoms with E-state index in [1.54, 1.807) is 13.2 Å². The molecule has 2 nitrogen and oxygen atoms in total. The van der Waals surface area contributed by atoms with Gasteiger partial charge in [-0.3, -0.25) is 0 Å². The third-order valence-corrected chi connectivity index (χ3v) is 4.80. The molecule has 6 heteroatoms. The normalized spacial score (nSPS) is 10.6. The second-order valence-electron chi connectivity index (χ2n) is 4.53. The Kier molecular flexibility index (Phi) is 5.68. The maximum absolute atomic E-state index is 13.6. The Hall–Kier alpha value is -0.590. The van der Waals surface area contributed by atoms with Gasteiger partial charge in [-0.1, -0.05) is 0 Å². The average Bonchev–Trinajstić information content (AvgIpc) is 2.41. The van der Waals surface area contributed by atoms with Gasteiger partial charge in [-0.25, -0.2) is 4.39 Å². The first-order valence-corrected chi connectivity index (χ1v) is 8.51. The number of anilines is 1. The first-order valence-electron chi connectivity index (χ1n) is 6.13. The van der Waals surface area contributed by atoms with Crippen LogP contribution in [0.5, 0.6) is 5.75 Å². The first-order chi connectivity index (χ1) is 9.92. The van der Waals surface area contributed by atoms with E-state index in [0.29, 0.717) is 11.0 Å². The van der Waals surface area contributed by atoms with Gasteiger partial charge in [-0.2, -0.15) is 0 Å². The number of benzene rings is 2. The highest BCUT2D eigenvalue weighted by atomic mass is 79.9. The Bertz CT molecular complexity index is 653. The van der Waals surface area contributed by atoms with Crippen LogP contribution in [-0.2, 0) is 6.54 Å². The number of hydrogen-bond acceptors (Lipinski definition) is 2. The van der Waals surface area contributed by atoms with Crippen molar-refractivity contribution in [1.82, 2.24) is 0 Å². The van der Waals surface area contributed by atoms with Crippen LogP contribution in [-0.4, -0.2) is 7.11 Å². The van der Waals surface area contributed by atoms with Crippen LogP contribution in [0, 0.1) is 12.7 Å². The topological polar surface area (TPSA) is 21.3 Å². The Labute approximate surface area is 148 Å². The maximum Gasteiger partial charge on any atom is 0.147 e. The van der Waals surface area contributed by atoms with Crippen molar-refractivity contribution in [3.05, 3.63) is 54.6 Å². The van der Waals surface area contributed by atoms with E-state index < -0.39 is 0 Å². The van der Waals surface area contributed by atoms with Gasteiger partial charge in [-0.15, -0.1) is 0 Å². The van der Waals surface area contributed by atoms with Crippen LogP contribution in [0.4, 0.5) is 10.1 Å². The van der Waals surface area contributed by atoms with E-state index in [4.69, 9.17) is 4.74 Å². The molecule has 0 heterocycles. The van der Waals surface area contributed by atoms with E-state index in [2.05, 4.69) is 53.1 Å². The molecule has 0 aromatic heterocycles. The van der Waals surface area contributed by atoms with Gasteiger partial charge in [-0.05, 0) is 90.1 Å². The highest BCUT2D eigenvalue weighted by Crippen LogP contribution is 2.34. The number of ether oxygens (including phenoxy) is 1. The maximum atomic E-state index is 13.6. The summed E-state index contributed by atoms with van der Waals surface area (Å²) in [6, 6.07) is 7.20. The van der Waals surface area contributed by atoms with Gasteiger partial charge in [0.1, 0.15) is 11.6 Å². The van der Waals surface area contributed by atoms with E-state index in [1.807, 2.05) is 19.1 Å². The van der Waals surface area contributed by atoms with Gasteiger partial charge in [0, 0.05) is 12.2 Å². The number of methoxy groups -OCH3 is 1. The second kappa shape index (κ2) is 7.11. The minimum atomic E-state index is -0.278. The van der Waals surface area contributed by atoms with Crippen molar-refractivity contribution >= 4 is 53.5 Å². The monoisotopic (exact) mass is 479 g/mol. The molecule has 0 radical (unpaired) electrons. The molecule has 2 aromatic carbocycles. The van der Waals surface area contributed by atoms with Crippen molar-refractivity contribution < 1.29 is 9.13 Å². The zero-order chi connectivity index (χ0) is 15.6. The molecule has 2 aromatic rings. The number of aryl methyl sites for hydroxylation is 1. The van der Waals surface area contributed by atoms with Crippen molar-refractivity contribution in [3.63, 3.8) is 0 Å². The third kappa shape index (κ3) is 3.99. The molecule has 0 bridgehead atoms. The lowest BCUT2D eigenvalue weighted by Crippen LogP contribution is -2.02. The number of rotatable bonds is 4. The van der Waals surface area contributed by atoms with Crippen molar-refractivity contribution in [1.29, 1.82) is 0 Å². The standard InChI is InChI=1S/C15H13Br3FNO/c1-8-3-10(16)13(19)6-14(8)20-7-9-4-11(17)15(21-2)12(18)5-9/h3-6,20H,7H2,1-2H3. The predicted molar refractivity (Wildman–Crippen MR) is 94.6 cm³/mol. The van der Waals surface area contributed by atoms with Crippen molar-refractivity contribution in [2.45, 2.75) is 13.5 Å². The van der Waals surface area contributed by atoms with Crippen LogP contribution in [0.1, 0.15) is 11.1 Å². The Balaban J connectivity index is 2.19. The minimum absolute atomic E-state index is 0.278. The number of nitrogens with one attached hydrogen (secondary N) is 1. The van der Waals surface area contributed by atoms with Crippen LogP contribution < -0.4 is 10.1 Å². The molecular weight excluding hydrogens is 469 g/mol. The quantitative estimate of drug-likeness (QED) is 0.574. The molecule has 0 aliphatic rings. The lowest BCUT2D eigenvalue weighted by atomic mass is 10.1. The molecule has 21 heavy (non-hydrogen) atoms. The summed E-state index contributed by atoms with van der Waals surface area (Å²) in [5, 5.41) is 3.25. The Morgan fingerprint density at radius 2 is 1.67 bits per heavy atom. The molecule has 2 rings (SSSR count). The number of hydrogen-bond donors (Lipinski definition) is 1. The van der Waals surface area contributed by atoms with E-state index in [9.17, 15) is 4.39 Å². The highest BCUT2D eigenvalue weighted by Gasteiger charge is 2.09. The summed E-state index contributed by atoms with van der Waals surface area (Å²) in [5.41, 5.74) is 2.81. The first kappa shape index (κ1) is 16.8. The fourth-order valence-corrected chi connectivity index (χ4v) is 4.01. The van der Waals surface area contributed by atoms with Gasteiger partial charge in [0.2, 0.25) is 0 Å². The van der Waals surface area contributed by atoms with Crippen LogP contribution in [0.15, 0.2) is 37.7 Å². The summed E-state index contributed by atoms with van der Waals surface area (Å²) >= 11 is 10.1. The van der Waals surface area contributed by atoms with Gasteiger partial charge in [0.05, 0.1) is 20.5 Å². The molecule has 1 N–H and O–H groups in total. The van der Waals surface area contributed by atoms with Crippen molar-refractivity contribution in [3.8, 4) is 5.75 Å². The van der Waals surface area contributed by atoms with Gasteiger partial charge < -0.3 is 10.1 Å². The van der Waals surface area contributed by atoms with E-state index in [0.717, 1.165) is 31.5 Å². The molecule has 0 atom stereocenters. The highest BCUT2D eigenvalue weighted by molar-refractivity contribution is 9.11. The minimum Gasteiger partial charge on any atom is -0.494 e. The fraction of sp³-hybridized carbons (Fsp3) is 0.200. The summed E-state index contributed by atoms with van der Waals surface area (Å²) in [5.74, 6) is 0.477. The average molecular weight is 482 g/mol. The SMILES string of the molecule is COc1c(Br)cc(CNc2cc(F)c(Br)cc2C)cc1Br. The summed E-state index contributed by atoms with van der Waals surface area (Å²) in [4.78, 5) is 0. The second-order valence-corrected chi connectivity index (χ2v) is 7.09. The van der Waals surface area contributed by atoms with Gasteiger partial charge in [0.15, 0.2) is 0 Å². The predicted octanol–water partition coefficient (Wildman–Crippen LogP) is 6.04. The lowest BCUT2D eigenvalue weighted by Gasteiger charge is -2.13. The van der Waals surface area contributed by atoms with Crippen molar-refractivity contribution in [2.24, 2.45) is 0 Å². The Morgan fingerprint density at radius 1 is 1.05 bits per heavy atom. The van der Waals surface area contributed by atoms with Crippen LogP contribution in [0.2, 0.25) is 0 Å². The largest absolute Gasteiger partial charge is 0.494 e. The Morgan fingerprint density at radius 3 is 2.24 bits per heavy atom. The molecule has 0 aliphatic carbocycles. The zero-order valence-corrected chi connectivity index (χ0v) is 16.2.